The van der Waals surface area contributed by atoms with Crippen molar-refractivity contribution in [3.63, 3.8) is 0 Å². The quantitative estimate of drug-likeness (QED) is 0.220. The Kier molecular flexibility index (Phi) is 3.87. The molecular formula is C34H23N3O2. The van der Waals surface area contributed by atoms with Crippen molar-refractivity contribution in [3.05, 3.63) is 84.9 Å². The van der Waals surface area contributed by atoms with E-state index in [1.54, 1.807) is 14.2 Å². The minimum Gasteiger partial charge on any atom is -0.497 e. The molecule has 39 heavy (non-hydrogen) atoms. The maximum absolute atomic E-state index is 5.67. The fourth-order valence-electron chi connectivity index (χ4n) is 6.76. The van der Waals surface area contributed by atoms with Crippen LogP contribution in [-0.4, -0.2) is 29.2 Å². The van der Waals surface area contributed by atoms with Crippen LogP contribution in [0.3, 0.4) is 0 Å². The lowest BCUT2D eigenvalue weighted by molar-refractivity contribution is 0.415. The topological polar surface area (TPSA) is 65.8 Å². The van der Waals surface area contributed by atoms with E-state index in [0.29, 0.717) is 0 Å². The summed E-state index contributed by atoms with van der Waals surface area (Å²) in [6.45, 7) is 0. The zero-order valence-corrected chi connectivity index (χ0v) is 21.4. The molecule has 0 saturated carbocycles. The minimum atomic E-state index is 0.844. The van der Waals surface area contributed by atoms with E-state index in [0.717, 1.165) is 55.4 Å². The van der Waals surface area contributed by atoms with Crippen LogP contribution in [0.4, 0.5) is 0 Å². The molecule has 0 aliphatic carbocycles. The van der Waals surface area contributed by atoms with E-state index in [9.17, 15) is 0 Å². The van der Waals surface area contributed by atoms with Crippen LogP contribution in [0.2, 0.25) is 0 Å². The normalized spacial score (nSPS) is 12.4. The fourth-order valence-corrected chi connectivity index (χ4v) is 6.76. The number of aromatic amines is 3. The summed E-state index contributed by atoms with van der Waals surface area (Å²) in [5, 5.41) is 11.9. The van der Waals surface area contributed by atoms with Crippen LogP contribution in [0, 0.1) is 0 Å². The second kappa shape index (κ2) is 7.23. The lowest BCUT2D eigenvalue weighted by Crippen LogP contribution is -1.82. The van der Waals surface area contributed by atoms with Crippen LogP contribution in [0.15, 0.2) is 84.9 Å². The van der Waals surface area contributed by atoms with Crippen molar-refractivity contribution < 1.29 is 9.47 Å². The summed E-state index contributed by atoms with van der Waals surface area (Å²) >= 11 is 0. The number of H-pyrrole nitrogens is 3. The summed E-state index contributed by atoms with van der Waals surface area (Å²) in [5.74, 6) is 1.69. The first-order valence-electron chi connectivity index (χ1n) is 13.1. The lowest BCUT2D eigenvalue weighted by Gasteiger charge is -2.06. The van der Waals surface area contributed by atoms with Crippen LogP contribution < -0.4 is 9.47 Å². The number of hydrogen-bond acceptors (Lipinski definition) is 2. The van der Waals surface area contributed by atoms with Crippen molar-refractivity contribution in [2.75, 3.05) is 14.2 Å². The molecule has 0 bridgehead atoms. The van der Waals surface area contributed by atoms with Gasteiger partial charge in [-0.15, -0.1) is 0 Å². The first-order chi connectivity index (χ1) is 19.2. The summed E-state index contributed by atoms with van der Waals surface area (Å²) in [5.41, 5.74) is 6.76. The summed E-state index contributed by atoms with van der Waals surface area (Å²) in [6, 6.07) is 29.9. The molecule has 0 aliphatic heterocycles. The predicted molar refractivity (Wildman–Crippen MR) is 163 cm³/mol. The van der Waals surface area contributed by atoms with E-state index >= 15 is 0 Å². The Balaban J connectivity index is 1.68. The van der Waals surface area contributed by atoms with E-state index in [2.05, 4.69) is 87.7 Å². The first kappa shape index (κ1) is 20.8. The third kappa shape index (κ3) is 2.54. The molecule has 5 nitrogen and oxygen atoms in total. The van der Waals surface area contributed by atoms with Gasteiger partial charge in [-0.1, -0.05) is 48.5 Å². The molecule has 186 valence electrons. The van der Waals surface area contributed by atoms with Crippen molar-refractivity contribution in [2.45, 2.75) is 0 Å². The smallest absolute Gasteiger partial charge is 0.119 e. The molecule has 0 spiro atoms. The van der Waals surface area contributed by atoms with Gasteiger partial charge in [0.05, 0.1) is 36.3 Å². The number of nitrogens with one attached hydrogen (secondary N) is 3. The molecule has 0 radical (unpaired) electrons. The standard InChI is InChI=1S/C34H23N3O2/c1-38-17-11-13-25-23(15-17)27-29-30-28-24-16-18(39-2)12-14-26(24)36-32(28)20-8-4-6-10-22(20)34(30)37-33(29)21-9-5-3-7-19(21)31(27)35-25/h3-16,35-37H,1-2H3. The van der Waals surface area contributed by atoms with Gasteiger partial charge in [-0.3, -0.25) is 0 Å². The van der Waals surface area contributed by atoms with Crippen LogP contribution >= 0.6 is 0 Å². The van der Waals surface area contributed by atoms with Gasteiger partial charge in [0, 0.05) is 64.9 Å². The molecule has 3 heterocycles. The maximum atomic E-state index is 5.67. The highest BCUT2D eigenvalue weighted by molar-refractivity contribution is 6.44. The second-order valence-electron chi connectivity index (χ2n) is 10.3. The molecule has 0 amide bonds. The Hall–Kier alpha value is -5.16. The zero-order valence-electron chi connectivity index (χ0n) is 21.4. The van der Waals surface area contributed by atoms with Gasteiger partial charge in [-0.25, -0.2) is 0 Å². The monoisotopic (exact) mass is 505 g/mol. The van der Waals surface area contributed by atoms with Gasteiger partial charge in [0.25, 0.3) is 0 Å². The van der Waals surface area contributed by atoms with Crippen molar-refractivity contribution in [1.29, 1.82) is 0 Å². The number of benzene rings is 6. The third-order valence-electron chi connectivity index (χ3n) is 8.44. The highest BCUT2D eigenvalue weighted by Gasteiger charge is 2.23. The molecule has 9 rings (SSSR count). The second-order valence-corrected chi connectivity index (χ2v) is 10.3. The highest BCUT2D eigenvalue weighted by atomic mass is 16.5. The summed E-state index contributed by atoms with van der Waals surface area (Å²) < 4.78 is 11.3. The number of hydrogen-bond donors (Lipinski definition) is 3. The van der Waals surface area contributed by atoms with Crippen molar-refractivity contribution in [1.82, 2.24) is 15.0 Å². The molecule has 0 fully saturated rings. The van der Waals surface area contributed by atoms with Gasteiger partial charge in [-0.05, 0) is 36.4 Å². The lowest BCUT2D eigenvalue weighted by atomic mass is 9.95. The van der Waals surface area contributed by atoms with E-state index in [1.165, 1.54) is 43.1 Å². The molecule has 9 aromatic rings. The molecule has 0 unspecified atom stereocenters. The van der Waals surface area contributed by atoms with E-state index < -0.39 is 0 Å². The number of ether oxygens (including phenoxy) is 2. The highest BCUT2D eigenvalue weighted by Crippen LogP contribution is 2.48. The average Bonchev–Trinajstić information content (AvgIpc) is 3.68. The molecule has 3 aromatic heterocycles. The molecule has 3 N–H and O–H groups in total. The van der Waals surface area contributed by atoms with Crippen LogP contribution in [-0.2, 0) is 0 Å². The number of rotatable bonds is 2. The van der Waals surface area contributed by atoms with Gasteiger partial charge in [0.1, 0.15) is 11.5 Å². The Labute approximate surface area is 221 Å². The molecular weight excluding hydrogens is 482 g/mol. The van der Waals surface area contributed by atoms with Crippen LogP contribution in [0.1, 0.15) is 0 Å². The molecule has 5 heteroatoms. The number of aromatic nitrogens is 3. The predicted octanol–water partition coefficient (Wildman–Crippen LogP) is 8.91. The van der Waals surface area contributed by atoms with Gasteiger partial charge in [0.15, 0.2) is 0 Å². The zero-order chi connectivity index (χ0) is 25.8. The molecule has 0 saturated heterocycles. The van der Waals surface area contributed by atoms with Crippen LogP contribution in [0.25, 0.3) is 87.0 Å². The summed E-state index contributed by atoms with van der Waals surface area (Å²) in [4.78, 5) is 11.4. The van der Waals surface area contributed by atoms with Crippen molar-refractivity contribution in [3.8, 4) is 11.5 Å². The van der Waals surface area contributed by atoms with E-state index in [4.69, 9.17) is 9.47 Å². The SMILES string of the molecule is COc1ccc2[nH]c3c4ccccc4c4[nH]c5c6ccccc6c6[nH]c7ccc(OC)cc7c6c5c4c3c2c1. The summed E-state index contributed by atoms with van der Waals surface area (Å²) in [7, 11) is 3.45. The molecule has 0 atom stereocenters. The number of methoxy groups -OCH3 is 2. The van der Waals surface area contributed by atoms with Crippen molar-refractivity contribution >= 4 is 87.0 Å². The summed E-state index contributed by atoms with van der Waals surface area (Å²) in [6.07, 6.45) is 0. The van der Waals surface area contributed by atoms with Gasteiger partial charge in [-0.2, -0.15) is 0 Å². The molecule has 0 aliphatic rings. The van der Waals surface area contributed by atoms with Gasteiger partial charge >= 0.3 is 0 Å². The first-order valence-corrected chi connectivity index (χ1v) is 13.1. The molecule has 6 aromatic carbocycles. The minimum absolute atomic E-state index is 0.844. The van der Waals surface area contributed by atoms with Gasteiger partial charge < -0.3 is 24.4 Å². The largest absolute Gasteiger partial charge is 0.497 e. The Morgan fingerprint density at radius 1 is 0.410 bits per heavy atom. The van der Waals surface area contributed by atoms with Crippen molar-refractivity contribution in [2.24, 2.45) is 0 Å². The number of fused-ring (bicyclic) bond motifs is 17. The maximum Gasteiger partial charge on any atom is 0.119 e. The fraction of sp³-hybridized carbons (Fsp3) is 0.0588. The van der Waals surface area contributed by atoms with Crippen LogP contribution in [0.5, 0.6) is 11.5 Å². The third-order valence-corrected chi connectivity index (χ3v) is 8.44. The Bertz CT molecular complexity index is 2300. The average molecular weight is 506 g/mol. The Morgan fingerprint density at radius 3 is 1.18 bits per heavy atom. The Morgan fingerprint density at radius 2 is 0.795 bits per heavy atom. The van der Waals surface area contributed by atoms with E-state index in [1.807, 2.05) is 12.1 Å². The van der Waals surface area contributed by atoms with Gasteiger partial charge in [0.2, 0.25) is 0 Å². The van der Waals surface area contributed by atoms with E-state index in [-0.39, 0.29) is 0 Å².